The number of carbonyl (C=O) groups is 2. The van der Waals surface area contributed by atoms with Crippen LogP contribution in [-0.2, 0) is 0 Å². The molecule has 1 rings (SSSR count). The minimum absolute atomic E-state index is 0.0726. The van der Waals surface area contributed by atoms with Crippen molar-refractivity contribution in [2.45, 2.75) is 46.1 Å². The Bertz CT molecular complexity index is 443. The Morgan fingerprint density at radius 3 is 2.58 bits per heavy atom. The minimum atomic E-state index is -1.11. The molecule has 5 nitrogen and oxygen atoms in total. The topological polar surface area (TPSA) is 79.3 Å². The van der Waals surface area contributed by atoms with Crippen molar-refractivity contribution < 1.29 is 14.7 Å². The number of carboxylic acids is 1. The van der Waals surface area contributed by atoms with Gasteiger partial charge in [-0.2, -0.15) is 0 Å². The Hall–Kier alpha value is -1.43. The van der Waals surface area contributed by atoms with Crippen LogP contribution in [0.15, 0.2) is 5.38 Å². The fourth-order valence-electron chi connectivity index (χ4n) is 1.67. The highest BCUT2D eigenvalue weighted by Crippen LogP contribution is 2.11. The van der Waals surface area contributed by atoms with Gasteiger partial charge in [0.15, 0.2) is 10.7 Å². The van der Waals surface area contributed by atoms with E-state index in [2.05, 4.69) is 24.1 Å². The zero-order valence-corrected chi connectivity index (χ0v) is 12.3. The first kappa shape index (κ1) is 15.6. The van der Waals surface area contributed by atoms with Gasteiger partial charge in [-0.25, -0.2) is 9.78 Å². The minimum Gasteiger partial charge on any atom is -0.476 e. The van der Waals surface area contributed by atoms with E-state index in [1.165, 1.54) is 5.38 Å². The quantitative estimate of drug-likeness (QED) is 0.807. The van der Waals surface area contributed by atoms with E-state index in [1.807, 2.05) is 6.92 Å². The molecule has 1 amide bonds. The Kier molecular flexibility index (Phi) is 5.95. The summed E-state index contributed by atoms with van der Waals surface area (Å²) in [4.78, 5) is 26.3. The van der Waals surface area contributed by atoms with Crippen LogP contribution in [0.4, 0.5) is 0 Å². The molecule has 0 aromatic carbocycles. The molecule has 6 heteroatoms. The first-order valence-corrected chi connectivity index (χ1v) is 7.27. The van der Waals surface area contributed by atoms with Crippen molar-refractivity contribution in [1.82, 2.24) is 10.3 Å². The van der Waals surface area contributed by atoms with Gasteiger partial charge >= 0.3 is 5.97 Å². The maximum Gasteiger partial charge on any atom is 0.355 e. The SMILES string of the molecule is CC(C)CCCC(C)NC(=O)c1nc(C(=O)O)cs1. The molecule has 2 N–H and O–H groups in total. The molecule has 0 spiro atoms. The summed E-state index contributed by atoms with van der Waals surface area (Å²) < 4.78 is 0. The highest BCUT2D eigenvalue weighted by atomic mass is 32.1. The smallest absolute Gasteiger partial charge is 0.355 e. The number of aromatic carboxylic acids is 1. The first-order chi connectivity index (χ1) is 8.90. The van der Waals surface area contributed by atoms with Gasteiger partial charge in [0, 0.05) is 11.4 Å². The predicted octanol–water partition coefficient (Wildman–Crippen LogP) is 2.79. The van der Waals surface area contributed by atoms with Gasteiger partial charge in [-0.05, 0) is 19.3 Å². The van der Waals surface area contributed by atoms with Crippen LogP contribution in [0.2, 0.25) is 0 Å². The average molecular weight is 284 g/mol. The molecule has 1 aromatic heterocycles. The van der Waals surface area contributed by atoms with Crippen molar-refractivity contribution in [3.05, 3.63) is 16.1 Å². The van der Waals surface area contributed by atoms with Crippen molar-refractivity contribution in [3.63, 3.8) is 0 Å². The third-order valence-corrected chi connectivity index (χ3v) is 3.55. The summed E-state index contributed by atoms with van der Waals surface area (Å²) in [6.45, 7) is 6.29. The molecule has 0 aliphatic carbocycles. The molecule has 0 saturated heterocycles. The van der Waals surface area contributed by atoms with Crippen molar-refractivity contribution in [1.29, 1.82) is 0 Å². The summed E-state index contributed by atoms with van der Waals surface area (Å²) in [5, 5.41) is 13.2. The second kappa shape index (κ2) is 7.23. The fraction of sp³-hybridized carbons (Fsp3) is 0.615. The van der Waals surface area contributed by atoms with Crippen LogP contribution in [-0.4, -0.2) is 28.0 Å². The number of aromatic nitrogens is 1. The lowest BCUT2D eigenvalue weighted by atomic mass is 10.0. The van der Waals surface area contributed by atoms with Crippen LogP contribution in [0, 0.1) is 5.92 Å². The maximum atomic E-state index is 11.8. The average Bonchev–Trinajstić information content (AvgIpc) is 2.77. The second-order valence-electron chi connectivity index (χ2n) is 5.04. The number of carboxylic acid groups (broad SMARTS) is 1. The lowest BCUT2D eigenvalue weighted by molar-refractivity contribution is 0.0691. The van der Waals surface area contributed by atoms with Gasteiger partial charge in [0.2, 0.25) is 0 Å². The molecular formula is C13H20N2O3S. The summed E-state index contributed by atoms with van der Waals surface area (Å²) in [6.07, 6.45) is 3.12. The van der Waals surface area contributed by atoms with E-state index in [4.69, 9.17) is 5.11 Å². The summed E-state index contributed by atoms with van der Waals surface area (Å²) >= 11 is 1.05. The van der Waals surface area contributed by atoms with Crippen molar-refractivity contribution in [3.8, 4) is 0 Å². The summed E-state index contributed by atoms with van der Waals surface area (Å²) in [7, 11) is 0. The molecule has 1 heterocycles. The van der Waals surface area contributed by atoms with Gasteiger partial charge in [-0.15, -0.1) is 11.3 Å². The largest absolute Gasteiger partial charge is 0.476 e. The summed E-state index contributed by atoms with van der Waals surface area (Å²) in [5.41, 5.74) is -0.0809. The third kappa shape index (κ3) is 5.38. The van der Waals surface area contributed by atoms with E-state index >= 15 is 0 Å². The van der Waals surface area contributed by atoms with Gasteiger partial charge in [0.25, 0.3) is 5.91 Å². The summed E-state index contributed by atoms with van der Waals surface area (Å²) in [6, 6.07) is 0.0726. The normalized spacial score (nSPS) is 12.4. The zero-order chi connectivity index (χ0) is 14.4. The molecule has 0 radical (unpaired) electrons. The molecule has 0 aliphatic rings. The summed E-state index contributed by atoms with van der Waals surface area (Å²) in [5.74, 6) is -0.741. The monoisotopic (exact) mass is 284 g/mol. The molecule has 19 heavy (non-hydrogen) atoms. The molecule has 106 valence electrons. The van der Waals surface area contributed by atoms with E-state index in [9.17, 15) is 9.59 Å². The Morgan fingerprint density at radius 2 is 2.05 bits per heavy atom. The number of rotatable bonds is 7. The molecule has 1 unspecified atom stereocenters. The number of carbonyl (C=O) groups excluding carboxylic acids is 1. The van der Waals surface area contributed by atoms with Crippen molar-refractivity contribution >= 4 is 23.2 Å². The van der Waals surface area contributed by atoms with E-state index in [0.717, 1.165) is 30.6 Å². The van der Waals surface area contributed by atoms with Crippen molar-refractivity contribution in [2.24, 2.45) is 5.92 Å². The Balaban J connectivity index is 2.42. The van der Waals surface area contributed by atoms with Crippen LogP contribution < -0.4 is 5.32 Å². The zero-order valence-electron chi connectivity index (χ0n) is 11.5. The van der Waals surface area contributed by atoms with Gasteiger partial charge in [0.05, 0.1) is 0 Å². The standard InChI is InChI=1S/C13H20N2O3S/c1-8(2)5-4-6-9(3)14-11(16)12-15-10(7-19-12)13(17)18/h7-9H,4-6H2,1-3H3,(H,14,16)(H,17,18). The van der Waals surface area contributed by atoms with Gasteiger partial charge in [0.1, 0.15) is 0 Å². The molecule has 1 atom stereocenters. The Morgan fingerprint density at radius 1 is 1.37 bits per heavy atom. The molecule has 0 bridgehead atoms. The number of nitrogens with one attached hydrogen (secondary N) is 1. The van der Waals surface area contributed by atoms with Crippen LogP contribution >= 0.6 is 11.3 Å². The van der Waals surface area contributed by atoms with E-state index in [-0.39, 0.29) is 22.7 Å². The van der Waals surface area contributed by atoms with E-state index < -0.39 is 5.97 Å². The highest BCUT2D eigenvalue weighted by Gasteiger charge is 2.16. The molecule has 0 fully saturated rings. The van der Waals surface area contributed by atoms with E-state index in [1.54, 1.807) is 0 Å². The van der Waals surface area contributed by atoms with Gasteiger partial charge < -0.3 is 10.4 Å². The Labute approximate surface area is 117 Å². The van der Waals surface area contributed by atoms with Gasteiger partial charge in [-0.1, -0.05) is 26.7 Å². The number of amides is 1. The molecular weight excluding hydrogens is 264 g/mol. The van der Waals surface area contributed by atoms with Gasteiger partial charge in [-0.3, -0.25) is 4.79 Å². The van der Waals surface area contributed by atoms with E-state index in [0.29, 0.717) is 5.92 Å². The van der Waals surface area contributed by atoms with Crippen LogP contribution in [0.1, 0.15) is 60.3 Å². The second-order valence-corrected chi connectivity index (χ2v) is 5.90. The lowest BCUT2D eigenvalue weighted by Crippen LogP contribution is -2.32. The third-order valence-electron chi connectivity index (χ3n) is 2.71. The number of hydrogen-bond acceptors (Lipinski definition) is 4. The van der Waals surface area contributed by atoms with Crippen molar-refractivity contribution in [2.75, 3.05) is 0 Å². The predicted molar refractivity (Wildman–Crippen MR) is 74.7 cm³/mol. The molecule has 0 saturated carbocycles. The lowest BCUT2D eigenvalue weighted by Gasteiger charge is -2.13. The molecule has 1 aromatic rings. The number of hydrogen-bond donors (Lipinski definition) is 2. The maximum absolute atomic E-state index is 11.8. The van der Waals surface area contributed by atoms with Crippen LogP contribution in [0.5, 0.6) is 0 Å². The number of nitrogens with zero attached hydrogens (tertiary/aromatic N) is 1. The highest BCUT2D eigenvalue weighted by molar-refractivity contribution is 7.11. The fourth-order valence-corrected chi connectivity index (χ4v) is 2.36. The van der Waals surface area contributed by atoms with Crippen LogP contribution in [0.25, 0.3) is 0 Å². The number of thiazole rings is 1. The van der Waals surface area contributed by atoms with Crippen LogP contribution in [0.3, 0.4) is 0 Å². The molecule has 0 aliphatic heterocycles. The first-order valence-electron chi connectivity index (χ1n) is 6.39.